The number of H-pyrrole nitrogens is 1. The molecule has 0 aliphatic carbocycles. The minimum Gasteiger partial charge on any atom is -0.507 e. The van der Waals surface area contributed by atoms with Gasteiger partial charge in [-0.25, -0.2) is 8.42 Å². The summed E-state index contributed by atoms with van der Waals surface area (Å²) >= 11 is 6.23. The molecule has 0 aliphatic heterocycles. The number of halogens is 2. The first kappa shape index (κ1) is 21.3. The van der Waals surface area contributed by atoms with Crippen LogP contribution in [0.15, 0.2) is 57.9 Å². The van der Waals surface area contributed by atoms with Crippen LogP contribution in [0.1, 0.15) is 5.69 Å². The molecule has 0 atom stereocenters. The Hall–Kier alpha value is -2.94. The highest BCUT2D eigenvalue weighted by Crippen LogP contribution is 2.42. The van der Waals surface area contributed by atoms with E-state index in [1.54, 1.807) is 30.3 Å². The fourth-order valence-electron chi connectivity index (χ4n) is 3.34. The van der Waals surface area contributed by atoms with Crippen LogP contribution >= 0.6 is 22.3 Å². The third-order valence-corrected chi connectivity index (χ3v) is 6.23. The van der Waals surface area contributed by atoms with E-state index in [9.17, 15) is 23.4 Å². The number of aryl methyl sites for hydroxylation is 1. The van der Waals surface area contributed by atoms with Crippen LogP contribution in [0.25, 0.3) is 33.4 Å². The van der Waals surface area contributed by atoms with Gasteiger partial charge in [-0.1, -0.05) is 23.7 Å². The van der Waals surface area contributed by atoms with Gasteiger partial charge in [0.1, 0.15) is 22.6 Å². The number of fused-ring (bicyclic) bond motifs is 1. The van der Waals surface area contributed by atoms with E-state index in [-0.39, 0.29) is 40.2 Å². The summed E-state index contributed by atoms with van der Waals surface area (Å²) in [6.45, 7) is 0. The summed E-state index contributed by atoms with van der Waals surface area (Å²) in [4.78, 5) is 15.7. The number of nitrogens with one attached hydrogen (secondary N) is 1. The molecule has 4 aromatic rings. The number of hydrogen-bond acceptors (Lipinski definition) is 6. The van der Waals surface area contributed by atoms with Crippen molar-refractivity contribution in [2.75, 3.05) is 5.75 Å². The molecular formula is C21H15Cl2NO6S. The maximum atomic E-state index is 12.8. The summed E-state index contributed by atoms with van der Waals surface area (Å²) in [5, 5.41) is 21.1. The van der Waals surface area contributed by atoms with Gasteiger partial charge in [0.05, 0.1) is 16.3 Å². The topological polar surface area (TPSA) is 121 Å². The summed E-state index contributed by atoms with van der Waals surface area (Å²) in [7, 11) is 1.59. The van der Waals surface area contributed by atoms with E-state index >= 15 is 0 Å². The molecule has 0 spiro atoms. The first-order chi connectivity index (χ1) is 14.6. The lowest BCUT2D eigenvalue weighted by molar-refractivity contribution is 0.454. The van der Waals surface area contributed by atoms with Crippen LogP contribution in [0.2, 0.25) is 5.02 Å². The third-order valence-electron chi connectivity index (χ3n) is 4.75. The SMILES string of the molecule is O=c1cc(-c2ccccc2Cl)oc2c(-c3c[nH]c(CCS(=O)(=O)Cl)c3)c(O)cc(O)c12. The minimum absolute atomic E-state index is 0.0320. The molecule has 0 fully saturated rings. The molecule has 0 radical (unpaired) electrons. The molecule has 3 N–H and O–H groups in total. The molecule has 31 heavy (non-hydrogen) atoms. The Kier molecular flexibility index (Phi) is 5.47. The Morgan fingerprint density at radius 3 is 2.52 bits per heavy atom. The smallest absolute Gasteiger partial charge is 0.232 e. The Morgan fingerprint density at radius 1 is 1.06 bits per heavy atom. The molecule has 7 nitrogen and oxygen atoms in total. The van der Waals surface area contributed by atoms with Crippen molar-refractivity contribution in [3.8, 4) is 33.9 Å². The Balaban J connectivity index is 1.93. The highest BCUT2D eigenvalue weighted by atomic mass is 35.7. The number of benzene rings is 2. The quantitative estimate of drug-likeness (QED) is 0.358. The first-order valence-electron chi connectivity index (χ1n) is 9.02. The van der Waals surface area contributed by atoms with Gasteiger partial charge >= 0.3 is 0 Å². The molecule has 2 aromatic heterocycles. The van der Waals surface area contributed by atoms with E-state index in [0.717, 1.165) is 6.07 Å². The normalized spacial score (nSPS) is 11.8. The Bertz CT molecular complexity index is 1470. The molecule has 2 heterocycles. The van der Waals surface area contributed by atoms with Crippen molar-refractivity contribution >= 4 is 42.3 Å². The van der Waals surface area contributed by atoms with Crippen molar-refractivity contribution in [3.05, 3.63) is 69.6 Å². The van der Waals surface area contributed by atoms with Crippen LogP contribution in [-0.4, -0.2) is 29.4 Å². The fraction of sp³-hybridized carbons (Fsp3) is 0.0952. The molecule has 2 aromatic carbocycles. The highest BCUT2D eigenvalue weighted by Gasteiger charge is 2.21. The zero-order chi connectivity index (χ0) is 22.3. The summed E-state index contributed by atoms with van der Waals surface area (Å²) in [6.07, 6.45) is 1.65. The van der Waals surface area contributed by atoms with E-state index in [0.29, 0.717) is 21.8 Å². The number of hydrogen-bond donors (Lipinski definition) is 3. The van der Waals surface area contributed by atoms with Crippen LogP contribution in [0.4, 0.5) is 0 Å². The summed E-state index contributed by atoms with van der Waals surface area (Å²) < 4.78 is 28.4. The Labute approximate surface area is 185 Å². The van der Waals surface area contributed by atoms with E-state index in [1.165, 1.54) is 12.3 Å². The average molecular weight is 480 g/mol. The van der Waals surface area contributed by atoms with Crippen LogP contribution in [0, 0.1) is 0 Å². The van der Waals surface area contributed by atoms with Gasteiger partial charge < -0.3 is 19.6 Å². The zero-order valence-electron chi connectivity index (χ0n) is 15.7. The fourth-order valence-corrected chi connectivity index (χ4v) is 4.26. The van der Waals surface area contributed by atoms with Crippen molar-refractivity contribution in [2.45, 2.75) is 6.42 Å². The number of aromatic hydroxyl groups is 2. The predicted octanol–water partition coefficient (Wildman–Crippen LogP) is 4.63. The van der Waals surface area contributed by atoms with Gasteiger partial charge in [0, 0.05) is 52.3 Å². The van der Waals surface area contributed by atoms with Gasteiger partial charge in [-0.2, -0.15) is 0 Å². The van der Waals surface area contributed by atoms with Gasteiger partial charge in [0.15, 0.2) is 11.0 Å². The number of phenolic OH excluding ortho intramolecular Hbond substituents is 2. The van der Waals surface area contributed by atoms with Crippen molar-refractivity contribution < 1.29 is 23.0 Å². The second-order valence-corrected chi connectivity index (χ2v) is 10.2. The number of aromatic nitrogens is 1. The molecule has 10 heteroatoms. The summed E-state index contributed by atoms with van der Waals surface area (Å²) in [5.74, 6) is -0.860. The van der Waals surface area contributed by atoms with Gasteiger partial charge in [-0.3, -0.25) is 4.79 Å². The maximum Gasteiger partial charge on any atom is 0.232 e. The number of phenols is 2. The molecular weight excluding hydrogens is 465 g/mol. The lowest BCUT2D eigenvalue weighted by atomic mass is 10.0. The van der Waals surface area contributed by atoms with Crippen molar-refractivity contribution in [1.29, 1.82) is 0 Å². The monoisotopic (exact) mass is 479 g/mol. The number of rotatable bonds is 5. The maximum absolute atomic E-state index is 12.8. The van der Waals surface area contributed by atoms with Crippen LogP contribution in [0.5, 0.6) is 11.5 Å². The van der Waals surface area contributed by atoms with Gasteiger partial charge in [0.2, 0.25) is 9.05 Å². The van der Waals surface area contributed by atoms with Crippen molar-refractivity contribution in [1.82, 2.24) is 4.98 Å². The van der Waals surface area contributed by atoms with Gasteiger partial charge in [-0.15, -0.1) is 0 Å². The minimum atomic E-state index is -3.67. The van der Waals surface area contributed by atoms with Crippen molar-refractivity contribution in [2.24, 2.45) is 0 Å². The van der Waals surface area contributed by atoms with Crippen LogP contribution in [0.3, 0.4) is 0 Å². The lowest BCUT2D eigenvalue weighted by Gasteiger charge is -2.11. The van der Waals surface area contributed by atoms with E-state index in [1.807, 2.05) is 0 Å². The summed E-state index contributed by atoms with van der Waals surface area (Å²) in [5.41, 5.74) is 1.07. The molecule has 0 unspecified atom stereocenters. The third kappa shape index (κ3) is 4.27. The molecule has 0 saturated heterocycles. The zero-order valence-corrected chi connectivity index (χ0v) is 18.1. The van der Waals surface area contributed by atoms with Crippen LogP contribution in [-0.2, 0) is 15.5 Å². The van der Waals surface area contributed by atoms with Crippen LogP contribution < -0.4 is 5.43 Å². The van der Waals surface area contributed by atoms with E-state index < -0.39 is 20.2 Å². The molecule has 4 rings (SSSR count). The second-order valence-electron chi connectivity index (χ2n) is 6.86. The van der Waals surface area contributed by atoms with E-state index in [2.05, 4.69) is 4.98 Å². The first-order valence-corrected chi connectivity index (χ1v) is 11.9. The van der Waals surface area contributed by atoms with Gasteiger partial charge in [-0.05, 0) is 18.2 Å². The highest BCUT2D eigenvalue weighted by molar-refractivity contribution is 8.13. The number of aromatic amines is 1. The van der Waals surface area contributed by atoms with E-state index in [4.69, 9.17) is 26.7 Å². The average Bonchev–Trinajstić information content (AvgIpc) is 3.14. The van der Waals surface area contributed by atoms with Gasteiger partial charge in [0.25, 0.3) is 0 Å². The summed E-state index contributed by atoms with van der Waals surface area (Å²) in [6, 6.07) is 10.7. The van der Waals surface area contributed by atoms with Crippen molar-refractivity contribution in [3.63, 3.8) is 0 Å². The Morgan fingerprint density at radius 2 is 1.81 bits per heavy atom. The largest absolute Gasteiger partial charge is 0.507 e. The second kappa shape index (κ2) is 7.96. The molecule has 160 valence electrons. The molecule has 0 bridgehead atoms. The predicted molar refractivity (Wildman–Crippen MR) is 119 cm³/mol. The standard InChI is InChI=1S/C21H15Cl2NO6S/c22-14-4-2-1-3-13(14)18-9-17(27)20-16(26)8-15(25)19(21(20)30-18)11-7-12(24-10-11)5-6-31(23,28)29/h1-4,7-10,24-26H,5-6H2. The lowest BCUT2D eigenvalue weighted by Crippen LogP contribution is -2.02. The molecule has 0 amide bonds. The molecule has 0 saturated carbocycles. The molecule has 0 aliphatic rings.